The van der Waals surface area contributed by atoms with Crippen LogP contribution in [0.1, 0.15) is 16.8 Å². The number of hydrogen-bond acceptors (Lipinski definition) is 3. The molecule has 0 bridgehead atoms. The molecule has 0 unspecified atom stereocenters. The van der Waals surface area contributed by atoms with Gasteiger partial charge in [-0.15, -0.1) is 0 Å². The number of nitrogens with one attached hydrogen (secondary N) is 1. The highest BCUT2D eigenvalue weighted by molar-refractivity contribution is 5.51. The lowest BCUT2D eigenvalue weighted by Gasteiger charge is -2.10. The molecule has 0 aliphatic carbocycles. The van der Waals surface area contributed by atoms with E-state index in [4.69, 9.17) is 5.26 Å². The van der Waals surface area contributed by atoms with Gasteiger partial charge in [-0.05, 0) is 36.8 Å². The van der Waals surface area contributed by atoms with E-state index in [2.05, 4.69) is 10.3 Å². The fourth-order valence-electron chi connectivity index (χ4n) is 1.70. The first-order chi connectivity index (χ1) is 8.70. The second-order valence-electron chi connectivity index (χ2n) is 3.94. The average molecular weight is 241 g/mol. The molecule has 1 aromatic heterocycles. The Labute approximate surface area is 105 Å². The number of aryl methyl sites for hydroxylation is 1. The van der Waals surface area contributed by atoms with Gasteiger partial charge in [0.25, 0.3) is 0 Å². The standard InChI is InChI=1S/C14H12FN3/c1-10-7-12(15)4-5-13(10)18-9-11-3-2-6-17-14(11)8-16/h2-7,18H,9H2,1H3. The summed E-state index contributed by atoms with van der Waals surface area (Å²) in [5.74, 6) is -0.253. The highest BCUT2D eigenvalue weighted by atomic mass is 19.1. The van der Waals surface area contributed by atoms with Crippen molar-refractivity contribution in [1.29, 1.82) is 5.26 Å². The summed E-state index contributed by atoms with van der Waals surface area (Å²) in [6.07, 6.45) is 1.59. The second-order valence-corrected chi connectivity index (χ2v) is 3.94. The predicted molar refractivity (Wildman–Crippen MR) is 67.4 cm³/mol. The fraction of sp³-hybridized carbons (Fsp3) is 0.143. The van der Waals surface area contributed by atoms with Crippen LogP contribution in [-0.2, 0) is 6.54 Å². The van der Waals surface area contributed by atoms with Crippen LogP contribution in [0.2, 0.25) is 0 Å². The van der Waals surface area contributed by atoms with E-state index in [1.165, 1.54) is 12.1 Å². The fourth-order valence-corrected chi connectivity index (χ4v) is 1.70. The zero-order valence-electron chi connectivity index (χ0n) is 9.94. The van der Waals surface area contributed by atoms with Crippen LogP contribution in [0.4, 0.5) is 10.1 Å². The number of nitriles is 1. The number of hydrogen-bond donors (Lipinski definition) is 1. The summed E-state index contributed by atoms with van der Waals surface area (Å²) in [6, 6.07) is 10.2. The van der Waals surface area contributed by atoms with Crippen molar-refractivity contribution < 1.29 is 4.39 Å². The third kappa shape index (κ3) is 2.64. The first kappa shape index (κ1) is 12.1. The van der Waals surface area contributed by atoms with Gasteiger partial charge in [0.15, 0.2) is 0 Å². The van der Waals surface area contributed by atoms with Crippen LogP contribution in [0.25, 0.3) is 0 Å². The smallest absolute Gasteiger partial charge is 0.145 e. The molecule has 0 spiro atoms. The summed E-state index contributed by atoms with van der Waals surface area (Å²) >= 11 is 0. The second kappa shape index (κ2) is 5.28. The van der Waals surface area contributed by atoms with Gasteiger partial charge in [0.2, 0.25) is 0 Å². The lowest BCUT2D eigenvalue weighted by Crippen LogP contribution is -2.04. The Morgan fingerprint density at radius 1 is 1.39 bits per heavy atom. The molecule has 0 saturated carbocycles. The molecule has 0 aliphatic rings. The van der Waals surface area contributed by atoms with Gasteiger partial charge in [0, 0.05) is 24.0 Å². The Morgan fingerprint density at radius 3 is 2.94 bits per heavy atom. The Bertz CT molecular complexity index is 602. The number of anilines is 1. The zero-order chi connectivity index (χ0) is 13.0. The summed E-state index contributed by atoms with van der Waals surface area (Å²) in [5.41, 5.74) is 2.91. The minimum absolute atomic E-state index is 0.253. The molecule has 2 aromatic rings. The first-order valence-corrected chi connectivity index (χ1v) is 5.54. The molecule has 0 saturated heterocycles. The number of pyridine rings is 1. The number of aromatic nitrogens is 1. The van der Waals surface area contributed by atoms with Crippen LogP contribution in [0.5, 0.6) is 0 Å². The van der Waals surface area contributed by atoms with Gasteiger partial charge in [-0.25, -0.2) is 9.37 Å². The molecule has 0 radical (unpaired) electrons. The molecule has 0 fully saturated rings. The lowest BCUT2D eigenvalue weighted by atomic mass is 10.1. The van der Waals surface area contributed by atoms with Gasteiger partial charge in [0.1, 0.15) is 17.6 Å². The van der Waals surface area contributed by atoms with E-state index in [9.17, 15) is 4.39 Å². The topological polar surface area (TPSA) is 48.7 Å². The van der Waals surface area contributed by atoms with Crippen LogP contribution >= 0.6 is 0 Å². The van der Waals surface area contributed by atoms with E-state index in [1.807, 2.05) is 19.1 Å². The maximum absolute atomic E-state index is 12.9. The van der Waals surface area contributed by atoms with Crippen molar-refractivity contribution in [2.75, 3.05) is 5.32 Å². The van der Waals surface area contributed by atoms with Crippen molar-refractivity contribution in [3.63, 3.8) is 0 Å². The third-order valence-electron chi connectivity index (χ3n) is 2.65. The van der Waals surface area contributed by atoms with Gasteiger partial charge < -0.3 is 5.32 Å². The molecular weight excluding hydrogens is 229 g/mol. The van der Waals surface area contributed by atoms with E-state index >= 15 is 0 Å². The molecule has 0 amide bonds. The summed E-state index contributed by atoms with van der Waals surface area (Å²) < 4.78 is 12.9. The monoisotopic (exact) mass is 241 g/mol. The summed E-state index contributed by atoms with van der Waals surface area (Å²) in [5, 5.41) is 12.1. The highest BCUT2D eigenvalue weighted by Crippen LogP contribution is 2.17. The van der Waals surface area contributed by atoms with Crippen molar-refractivity contribution in [2.24, 2.45) is 0 Å². The number of rotatable bonds is 3. The minimum atomic E-state index is -0.253. The van der Waals surface area contributed by atoms with E-state index < -0.39 is 0 Å². The summed E-state index contributed by atoms with van der Waals surface area (Å²) in [7, 11) is 0. The summed E-state index contributed by atoms with van der Waals surface area (Å²) in [6.45, 7) is 2.32. The van der Waals surface area contributed by atoms with Gasteiger partial charge in [-0.1, -0.05) is 6.07 Å². The Morgan fingerprint density at radius 2 is 2.22 bits per heavy atom. The number of benzene rings is 1. The van der Waals surface area contributed by atoms with Crippen molar-refractivity contribution >= 4 is 5.69 Å². The van der Waals surface area contributed by atoms with E-state index in [1.54, 1.807) is 18.3 Å². The molecule has 2 rings (SSSR count). The molecule has 1 aromatic carbocycles. The van der Waals surface area contributed by atoms with E-state index in [0.29, 0.717) is 12.2 Å². The molecule has 1 heterocycles. The van der Waals surface area contributed by atoms with Crippen molar-refractivity contribution in [3.8, 4) is 6.07 Å². The van der Waals surface area contributed by atoms with Gasteiger partial charge in [-0.2, -0.15) is 5.26 Å². The van der Waals surface area contributed by atoms with Crippen LogP contribution in [0.15, 0.2) is 36.5 Å². The Balaban J connectivity index is 2.14. The molecule has 4 heteroatoms. The number of halogens is 1. The van der Waals surface area contributed by atoms with Crippen LogP contribution < -0.4 is 5.32 Å². The molecular formula is C14H12FN3. The van der Waals surface area contributed by atoms with Gasteiger partial charge in [-0.3, -0.25) is 0 Å². The Kier molecular flexibility index (Phi) is 3.54. The molecule has 90 valence electrons. The Hall–Kier alpha value is -2.41. The van der Waals surface area contributed by atoms with Gasteiger partial charge in [0.05, 0.1) is 0 Å². The van der Waals surface area contributed by atoms with Gasteiger partial charge >= 0.3 is 0 Å². The van der Waals surface area contributed by atoms with Crippen LogP contribution in [0, 0.1) is 24.1 Å². The highest BCUT2D eigenvalue weighted by Gasteiger charge is 2.03. The largest absolute Gasteiger partial charge is 0.381 e. The molecule has 1 N–H and O–H groups in total. The van der Waals surface area contributed by atoms with Crippen molar-refractivity contribution in [1.82, 2.24) is 4.98 Å². The first-order valence-electron chi connectivity index (χ1n) is 5.54. The molecule has 0 atom stereocenters. The predicted octanol–water partition coefficient (Wildman–Crippen LogP) is 3.01. The summed E-state index contributed by atoms with van der Waals surface area (Å²) in [4.78, 5) is 3.98. The maximum Gasteiger partial charge on any atom is 0.145 e. The van der Waals surface area contributed by atoms with E-state index in [-0.39, 0.29) is 5.82 Å². The molecule has 3 nitrogen and oxygen atoms in total. The third-order valence-corrected chi connectivity index (χ3v) is 2.65. The average Bonchev–Trinajstić information content (AvgIpc) is 2.38. The zero-order valence-corrected chi connectivity index (χ0v) is 9.94. The normalized spacial score (nSPS) is 9.83. The number of nitrogens with zero attached hydrogens (tertiary/aromatic N) is 2. The maximum atomic E-state index is 12.9. The molecule has 18 heavy (non-hydrogen) atoms. The van der Waals surface area contributed by atoms with Crippen LogP contribution in [0.3, 0.4) is 0 Å². The SMILES string of the molecule is Cc1cc(F)ccc1NCc1cccnc1C#N. The van der Waals surface area contributed by atoms with E-state index in [0.717, 1.165) is 16.8 Å². The van der Waals surface area contributed by atoms with Crippen molar-refractivity contribution in [2.45, 2.75) is 13.5 Å². The lowest BCUT2D eigenvalue weighted by molar-refractivity contribution is 0.627. The minimum Gasteiger partial charge on any atom is -0.381 e. The molecule has 0 aliphatic heterocycles. The van der Waals surface area contributed by atoms with Crippen molar-refractivity contribution in [3.05, 3.63) is 59.2 Å². The van der Waals surface area contributed by atoms with Crippen LogP contribution in [-0.4, -0.2) is 4.98 Å². The quantitative estimate of drug-likeness (QED) is 0.898.